The molecule has 1 aliphatic heterocycles. The molecule has 7 nitrogen and oxygen atoms in total. The first kappa shape index (κ1) is 21.8. The number of carbonyl (C=O) groups is 2. The molecule has 9 heteroatoms. The van der Waals surface area contributed by atoms with E-state index in [2.05, 4.69) is 0 Å². The molecule has 1 heterocycles. The Morgan fingerprint density at radius 3 is 2.30 bits per heavy atom. The quantitative estimate of drug-likeness (QED) is 0.202. The number of nitro groups is 1. The molecule has 3 aromatic rings. The van der Waals surface area contributed by atoms with Gasteiger partial charge in [0, 0.05) is 29.4 Å². The molecule has 1 amide bonds. The Balaban J connectivity index is 1.93. The highest BCUT2D eigenvalue weighted by molar-refractivity contribution is 6.51. The van der Waals surface area contributed by atoms with E-state index in [4.69, 9.17) is 0 Å². The number of halogens is 2. The molecule has 0 radical (unpaired) electrons. The molecule has 0 saturated carbocycles. The van der Waals surface area contributed by atoms with Crippen molar-refractivity contribution in [3.05, 3.63) is 111 Å². The number of aliphatic hydroxyl groups is 1. The monoisotopic (exact) mass is 450 g/mol. The van der Waals surface area contributed by atoms with Crippen LogP contribution in [0.3, 0.4) is 0 Å². The fraction of sp³-hybridized carbons (Fsp3) is 0.0833. The number of nitro benzene ring substituents is 1. The lowest BCUT2D eigenvalue weighted by Crippen LogP contribution is -2.29. The fourth-order valence-electron chi connectivity index (χ4n) is 3.79. The van der Waals surface area contributed by atoms with E-state index in [0.717, 1.165) is 40.8 Å². The number of ketones is 1. The highest BCUT2D eigenvalue weighted by Crippen LogP contribution is 2.42. The molecule has 0 aromatic heterocycles. The van der Waals surface area contributed by atoms with Gasteiger partial charge in [0.2, 0.25) is 0 Å². The number of carbonyl (C=O) groups excluding carboxylic acids is 2. The summed E-state index contributed by atoms with van der Waals surface area (Å²) in [4.78, 5) is 37.3. The lowest BCUT2D eigenvalue weighted by molar-refractivity contribution is -0.384. The summed E-state index contributed by atoms with van der Waals surface area (Å²) in [6, 6.07) is 13.3. The number of nitrogens with zero attached hydrogens (tertiary/aromatic N) is 2. The van der Waals surface area contributed by atoms with Gasteiger partial charge >= 0.3 is 0 Å². The Morgan fingerprint density at radius 1 is 1.00 bits per heavy atom. The molecule has 1 atom stereocenters. The maximum Gasteiger partial charge on any atom is 0.300 e. The van der Waals surface area contributed by atoms with Crippen LogP contribution in [0.1, 0.15) is 22.7 Å². The molecule has 1 aliphatic rings. The number of rotatable bonds is 4. The van der Waals surface area contributed by atoms with Gasteiger partial charge in [0.05, 0.1) is 16.5 Å². The third kappa shape index (κ3) is 3.84. The molecule has 1 saturated heterocycles. The van der Waals surface area contributed by atoms with Crippen molar-refractivity contribution in [2.75, 3.05) is 4.90 Å². The first-order valence-electron chi connectivity index (χ1n) is 9.76. The number of anilines is 1. The summed E-state index contributed by atoms with van der Waals surface area (Å²) in [6.07, 6.45) is 0. The summed E-state index contributed by atoms with van der Waals surface area (Å²) < 4.78 is 27.5. The van der Waals surface area contributed by atoms with Gasteiger partial charge < -0.3 is 5.11 Å². The van der Waals surface area contributed by atoms with E-state index in [0.29, 0.717) is 5.56 Å². The Kier molecular flexibility index (Phi) is 5.47. The lowest BCUT2D eigenvalue weighted by Gasteiger charge is -2.25. The van der Waals surface area contributed by atoms with Crippen LogP contribution in [0.4, 0.5) is 20.2 Å². The third-order valence-electron chi connectivity index (χ3n) is 5.34. The van der Waals surface area contributed by atoms with Crippen LogP contribution >= 0.6 is 0 Å². The molecular formula is C24H16F2N2O5. The Bertz CT molecular complexity index is 1330. The van der Waals surface area contributed by atoms with E-state index < -0.39 is 40.0 Å². The number of benzene rings is 3. The number of hydrogen-bond donors (Lipinski definition) is 1. The molecule has 0 bridgehead atoms. The number of non-ortho nitro benzene ring substituents is 1. The average molecular weight is 450 g/mol. The Morgan fingerprint density at radius 2 is 1.70 bits per heavy atom. The van der Waals surface area contributed by atoms with Gasteiger partial charge in [0.25, 0.3) is 17.4 Å². The number of hydrogen-bond acceptors (Lipinski definition) is 5. The van der Waals surface area contributed by atoms with Crippen LogP contribution in [-0.2, 0) is 9.59 Å². The van der Waals surface area contributed by atoms with Crippen LogP contribution in [-0.4, -0.2) is 21.7 Å². The van der Waals surface area contributed by atoms with Crippen LogP contribution in [0.2, 0.25) is 0 Å². The van der Waals surface area contributed by atoms with Crippen molar-refractivity contribution in [2.45, 2.75) is 13.0 Å². The average Bonchev–Trinajstić information content (AvgIpc) is 3.06. The van der Waals surface area contributed by atoms with Crippen molar-refractivity contribution in [1.82, 2.24) is 0 Å². The zero-order valence-corrected chi connectivity index (χ0v) is 17.2. The van der Waals surface area contributed by atoms with E-state index in [1.807, 2.05) is 0 Å². The van der Waals surface area contributed by atoms with Gasteiger partial charge in [0.15, 0.2) is 11.6 Å². The van der Waals surface area contributed by atoms with Gasteiger partial charge in [-0.05, 0) is 36.8 Å². The highest BCUT2D eigenvalue weighted by atomic mass is 19.2. The summed E-state index contributed by atoms with van der Waals surface area (Å²) in [5, 5.41) is 21.9. The Hall–Kier alpha value is -4.40. The van der Waals surface area contributed by atoms with E-state index in [1.165, 1.54) is 12.1 Å². The number of amides is 1. The molecule has 33 heavy (non-hydrogen) atoms. The van der Waals surface area contributed by atoms with Gasteiger partial charge in [-0.3, -0.25) is 24.6 Å². The summed E-state index contributed by atoms with van der Waals surface area (Å²) in [7, 11) is 0. The minimum Gasteiger partial charge on any atom is -0.507 e. The zero-order chi connectivity index (χ0) is 23.9. The largest absolute Gasteiger partial charge is 0.507 e. The standard InChI is InChI=1S/C24H16F2N2O5/c1-13-3-2-4-15(11-13)21-20(22(29)14-5-7-16(8-6-14)28(32)33)23(30)24(31)27(21)17-9-10-18(25)19(26)12-17/h2-12,21,29H,1H3/b22-20+. The first-order valence-corrected chi connectivity index (χ1v) is 9.76. The second-order valence-corrected chi connectivity index (χ2v) is 7.49. The van der Waals surface area contributed by atoms with Gasteiger partial charge in [-0.15, -0.1) is 0 Å². The van der Waals surface area contributed by atoms with Crippen molar-refractivity contribution in [3.8, 4) is 0 Å². The first-order chi connectivity index (χ1) is 15.7. The summed E-state index contributed by atoms with van der Waals surface area (Å²) in [6.45, 7) is 1.80. The van der Waals surface area contributed by atoms with E-state index in [1.54, 1.807) is 31.2 Å². The third-order valence-corrected chi connectivity index (χ3v) is 5.34. The summed E-state index contributed by atoms with van der Waals surface area (Å²) in [5.74, 6) is -4.92. The molecule has 166 valence electrons. The van der Waals surface area contributed by atoms with E-state index in [-0.39, 0.29) is 22.5 Å². The van der Waals surface area contributed by atoms with E-state index in [9.17, 15) is 33.6 Å². The van der Waals surface area contributed by atoms with Crippen LogP contribution in [0.25, 0.3) is 5.76 Å². The second kappa shape index (κ2) is 8.27. The minimum atomic E-state index is -1.20. The van der Waals surface area contributed by atoms with Crippen LogP contribution in [0.15, 0.2) is 72.3 Å². The van der Waals surface area contributed by atoms with Gasteiger partial charge in [-0.1, -0.05) is 29.8 Å². The number of aliphatic hydroxyl groups excluding tert-OH is 1. The predicted molar refractivity (Wildman–Crippen MR) is 115 cm³/mol. The topological polar surface area (TPSA) is 101 Å². The number of Topliss-reactive ketones (excluding diaryl/α,β-unsaturated/α-hetero) is 1. The molecule has 1 N–H and O–H groups in total. The summed E-state index contributed by atoms with van der Waals surface area (Å²) >= 11 is 0. The van der Waals surface area contributed by atoms with E-state index >= 15 is 0 Å². The SMILES string of the molecule is Cc1cccc(C2/C(=C(\O)c3ccc([N+](=O)[O-])cc3)C(=O)C(=O)N2c2ccc(F)c(F)c2)c1. The summed E-state index contributed by atoms with van der Waals surface area (Å²) in [5.41, 5.74) is 0.793. The molecule has 0 spiro atoms. The number of aryl methyl sites for hydroxylation is 1. The second-order valence-electron chi connectivity index (χ2n) is 7.49. The van der Waals surface area contributed by atoms with Crippen LogP contribution in [0.5, 0.6) is 0 Å². The molecule has 4 rings (SSSR count). The van der Waals surface area contributed by atoms with Crippen molar-refractivity contribution >= 4 is 28.8 Å². The Labute approximate surface area is 186 Å². The minimum absolute atomic E-state index is 0.0646. The normalized spacial score (nSPS) is 17.4. The van der Waals surface area contributed by atoms with Crippen LogP contribution < -0.4 is 4.90 Å². The fourth-order valence-corrected chi connectivity index (χ4v) is 3.79. The lowest BCUT2D eigenvalue weighted by atomic mass is 9.94. The molecule has 1 fully saturated rings. The smallest absolute Gasteiger partial charge is 0.300 e. The molecular weight excluding hydrogens is 434 g/mol. The van der Waals surface area contributed by atoms with Crippen molar-refractivity contribution < 1.29 is 28.4 Å². The molecule has 0 aliphatic carbocycles. The van der Waals surface area contributed by atoms with Gasteiger partial charge in [-0.2, -0.15) is 0 Å². The maximum atomic E-state index is 14.0. The van der Waals surface area contributed by atoms with Gasteiger partial charge in [-0.25, -0.2) is 8.78 Å². The van der Waals surface area contributed by atoms with Gasteiger partial charge in [0.1, 0.15) is 5.76 Å². The van der Waals surface area contributed by atoms with Crippen LogP contribution in [0, 0.1) is 28.7 Å². The molecule has 3 aromatic carbocycles. The van der Waals surface area contributed by atoms with Crippen molar-refractivity contribution in [3.63, 3.8) is 0 Å². The maximum absolute atomic E-state index is 14.0. The van der Waals surface area contributed by atoms with Crippen molar-refractivity contribution in [1.29, 1.82) is 0 Å². The zero-order valence-electron chi connectivity index (χ0n) is 17.2. The van der Waals surface area contributed by atoms with Crippen molar-refractivity contribution in [2.24, 2.45) is 0 Å². The highest BCUT2D eigenvalue weighted by Gasteiger charge is 2.47. The predicted octanol–water partition coefficient (Wildman–Crippen LogP) is 4.81. The molecule has 1 unspecified atom stereocenters.